The summed E-state index contributed by atoms with van der Waals surface area (Å²) in [5, 5.41) is -2.95. The third-order valence-electron chi connectivity index (χ3n) is 16.9. The van der Waals surface area contributed by atoms with Crippen LogP contribution in [0, 0.1) is 23.7 Å². The molecular formula is C62H56N8Na2O30S2+2. The minimum absolute atomic E-state index is 0. The molecule has 2 N–H and O–H groups in total. The van der Waals surface area contributed by atoms with Crippen molar-refractivity contribution in [1.29, 1.82) is 0 Å². The minimum Gasteiger partial charge on any atom is -0.330 e. The van der Waals surface area contributed by atoms with Gasteiger partial charge in [-0.15, -0.1) is 20.3 Å². The van der Waals surface area contributed by atoms with Gasteiger partial charge in [-0.25, -0.2) is 29.0 Å². The number of anilines is 2. The molecule has 104 heavy (non-hydrogen) atoms. The van der Waals surface area contributed by atoms with E-state index < -0.39 is 144 Å². The van der Waals surface area contributed by atoms with Crippen molar-refractivity contribution in [2.24, 2.45) is 23.7 Å². The molecule has 0 aromatic heterocycles. The molecule has 2 saturated carbocycles. The van der Waals surface area contributed by atoms with Gasteiger partial charge in [0.2, 0.25) is 0 Å². The van der Waals surface area contributed by atoms with Gasteiger partial charge < -0.3 is 19.4 Å². The van der Waals surface area contributed by atoms with Crippen LogP contribution in [0.25, 0.3) is 0 Å². The first kappa shape index (κ1) is 81.5. The maximum Gasteiger partial charge on any atom is 1.00 e. The van der Waals surface area contributed by atoms with Crippen molar-refractivity contribution in [2.45, 2.75) is 100 Å². The first-order valence-corrected chi connectivity index (χ1v) is 33.8. The molecule has 0 spiro atoms. The SMILES string of the molecule is O=C(ON1C(=O)CC(S(=O)(=O)O)C1=O)C1CCC(CN2C(=O)C=CC2=O)CC1.O=C(ON1C(=O)CC(S(=O)(=O)O)C1=O)c1cccc(N2C(=O)C=CC2=O)c1.O=C(ON1C(=O)CCC1=O)C1CCC(CN2C(=O)C=CC2=O)CC1.O=C(ON1C(=O)CCC1=O)c1cccc(N2C(=O)C=CC2=O)c1.[Na+].[Na+]. The molecule has 536 valence electrons. The molecule has 2 aromatic rings. The summed E-state index contributed by atoms with van der Waals surface area (Å²) in [5.74, 6) is -15.0. The van der Waals surface area contributed by atoms with E-state index in [-0.39, 0.29) is 165 Å². The fourth-order valence-electron chi connectivity index (χ4n) is 11.5. The fraction of sp³-hybridized carbons (Fsp3) is 0.355. The van der Waals surface area contributed by atoms with Gasteiger partial charge >= 0.3 is 83.0 Å². The van der Waals surface area contributed by atoms with E-state index in [1.54, 1.807) is 0 Å². The summed E-state index contributed by atoms with van der Waals surface area (Å²) < 4.78 is 62.3. The zero-order valence-electron chi connectivity index (χ0n) is 54.7. The Morgan fingerprint density at radius 3 is 0.962 bits per heavy atom. The first-order valence-electron chi connectivity index (χ1n) is 30.8. The predicted octanol–water partition coefficient (Wildman–Crippen LogP) is -6.94. The summed E-state index contributed by atoms with van der Waals surface area (Å²) in [7, 11) is -9.61. The van der Waals surface area contributed by atoms with Crippen LogP contribution in [0.5, 0.6) is 0 Å². The summed E-state index contributed by atoms with van der Waals surface area (Å²) in [6, 6.07) is 10.7. The number of carbonyl (C=O) groups excluding carboxylic acids is 20. The number of nitrogens with zero attached hydrogens (tertiary/aromatic N) is 8. The van der Waals surface area contributed by atoms with Gasteiger partial charge in [-0.05, 0) is 99.6 Å². The smallest absolute Gasteiger partial charge is 0.330 e. The fourth-order valence-corrected chi connectivity index (χ4v) is 12.9. The molecule has 0 radical (unpaired) electrons. The topological polar surface area (TPSA) is 513 Å². The number of hydroxylamine groups is 8. The molecule has 38 nitrogen and oxygen atoms in total. The van der Waals surface area contributed by atoms with Crippen LogP contribution in [-0.2, 0) is 126 Å². The number of carbonyl (C=O) groups is 20. The second-order valence-corrected chi connectivity index (χ2v) is 26.9. The standard InChI is InChI=1S/C16H18N2O9S.C16H18N2O6.C15H10N2O9S.C15H10N2O6.2Na/c19-12-5-6-13(20)17(12)8-9-1-3-10(4-2-9)16(23)27-18-14(21)7-11(15(18)22)28(24,25)26;19-12-5-6-13(20)17(12)9-10-1-3-11(4-2-10)16(23)24-18-14(21)7-8-15(18)22;18-11-4-5-12(19)16(11)9-3-1-2-8(6-9)15(22)26-17-13(20)7-10(14(17)21)27(23,24)25;18-11-4-5-12(19)16(11)10-3-1-2-9(8-10)15(22)23-17-13(20)6-7-14(17)21;;/h5-6,9-11H,1-4,7-8H2,(H,24,25,26);5-6,10-11H,1-4,7-9H2;1-6,10H,7H2,(H,23,24,25);1-5,8H,6-7H2;;/q;;;;2*+1. The van der Waals surface area contributed by atoms with Gasteiger partial charge in [0.05, 0.1) is 47.2 Å². The van der Waals surface area contributed by atoms with Crippen LogP contribution in [-0.4, -0.2) is 198 Å². The number of hydrogen-bond donors (Lipinski definition) is 2. The molecule has 8 aliphatic heterocycles. The second kappa shape index (κ2) is 34.2. The Morgan fingerprint density at radius 1 is 0.375 bits per heavy atom. The van der Waals surface area contributed by atoms with Gasteiger partial charge in [0.1, 0.15) is 0 Å². The second-order valence-electron chi connectivity index (χ2n) is 23.7. The minimum atomic E-state index is -4.84. The average Bonchev–Trinajstić information content (AvgIpc) is 1.64. The quantitative estimate of drug-likeness (QED) is 0.0896. The van der Waals surface area contributed by atoms with Crippen LogP contribution in [0.2, 0.25) is 0 Å². The van der Waals surface area contributed by atoms with Crippen molar-refractivity contribution < 1.29 is 200 Å². The van der Waals surface area contributed by atoms with Crippen LogP contribution in [0.15, 0.2) is 97.1 Å². The van der Waals surface area contributed by atoms with Gasteiger partial charge in [-0.2, -0.15) is 16.8 Å². The number of amides is 16. The Kier molecular flexibility index (Phi) is 26.8. The molecule has 2 atom stereocenters. The van der Waals surface area contributed by atoms with Gasteiger partial charge in [-0.1, -0.05) is 12.1 Å². The van der Waals surface area contributed by atoms with E-state index in [4.69, 9.17) is 23.6 Å². The van der Waals surface area contributed by atoms with Gasteiger partial charge in [0.25, 0.3) is 115 Å². The summed E-state index contributed by atoms with van der Waals surface area (Å²) in [6.45, 7) is 0.612. The molecule has 2 aliphatic carbocycles. The van der Waals surface area contributed by atoms with Crippen LogP contribution in [0.4, 0.5) is 11.4 Å². The molecule has 42 heteroatoms. The van der Waals surface area contributed by atoms with E-state index >= 15 is 0 Å². The average molecular weight is 1500 g/mol. The third kappa shape index (κ3) is 19.1. The summed E-state index contributed by atoms with van der Waals surface area (Å²) in [5.41, 5.74) is 0.0382. The third-order valence-corrected chi connectivity index (χ3v) is 19.1. The number of rotatable bonds is 16. The summed E-state index contributed by atoms with van der Waals surface area (Å²) >= 11 is 0. The molecule has 12 rings (SSSR count). The number of hydrogen-bond acceptors (Lipinski definition) is 28. The summed E-state index contributed by atoms with van der Waals surface area (Å²) in [6.07, 6.45) is 12.0. The zero-order valence-corrected chi connectivity index (χ0v) is 60.4. The molecule has 4 saturated heterocycles. The Bertz CT molecular complexity index is 4320. The Labute approximate surface area is 631 Å². The van der Waals surface area contributed by atoms with E-state index in [9.17, 15) is 113 Å². The normalized spacial score (nSPS) is 23.0. The van der Waals surface area contributed by atoms with Crippen LogP contribution in [0.3, 0.4) is 0 Å². The zero-order chi connectivity index (χ0) is 74.4. The van der Waals surface area contributed by atoms with Gasteiger partial charge in [-0.3, -0.25) is 95.6 Å². The molecular weight excluding hydrogens is 1450 g/mol. The molecule has 0 bridgehead atoms. The number of imide groups is 8. The monoisotopic (exact) mass is 1500 g/mol. The van der Waals surface area contributed by atoms with Gasteiger partial charge in [0.15, 0.2) is 10.5 Å². The van der Waals surface area contributed by atoms with E-state index in [0.717, 1.165) is 45.1 Å². The Morgan fingerprint density at radius 2 is 0.654 bits per heavy atom. The van der Waals surface area contributed by atoms with Gasteiger partial charge in [0, 0.05) is 87.4 Å². The van der Waals surface area contributed by atoms with E-state index in [1.807, 2.05) is 0 Å². The van der Waals surface area contributed by atoms with E-state index in [1.165, 1.54) is 71.7 Å². The Hall–Kier alpha value is -9.78. The van der Waals surface area contributed by atoms with Crippen LogP contribution in [0.1, 0.15) is 111 Å². The predicted molar refractivity (Wildman–Crippen MR) is 328 cm³/mol. The number of benzene rings is 2. The molecule has 16 amide bonds. The van der Waals surface area contributed by atoms with Crippen molar-refractivity contribution in [1.82, 2.24) is 30.1 Å². The van der Waals surface area contributed by atoms with Crippen molar-refractivity contribution in [3.63, 3.8) is 0 Å². The van der Waals surface area contributed by atoms with Crippen molar-refractivity contribution in [3.05, 3.63) is 108 Å². The van der Waals surface area contributed by atoms with Crippen molar-refractivity contribution in [3.8, 4) is 0 Å². The van der Waals surface area contributed by atoms with Crippen molar-refractivity contribution in [2.75, 3.05) is 22.9 Å². The first-order chi connectivity index (χ1) is 48.1. The molecule has 6 fully saturated rings. The molecule has 10 aliphatic rings. The molecule has 8 heterocycles. The Balaban J connectivity index is 0.000000193. The maximum atomic E-state index is 12.2. The van der Waals surface area contributed by atoms with Crippen molar-refractivity contribution >= 4 is 150 Å². The van der Waals surface area contributed by atoms with E-state index in [0.29, 0.717) is 68.0 Å². The van der Waals surface area contributed by atoms with Crippen LogP contribution < -0.4 is 68.9 Å². The van der Waals surface area contributed by atoms with E-state index in [2.05, 4.69) is 4.84 Å². The maximum absolute atomic E-state index is 12.2. The largest absolute Gasteiger partial charge is 1.00 e. The summed E-state index contributed by atoms with van der Waals surface area (Å²) in [4.78, 5) is 258. The molecule has 2 aromatic carbocycles. The molecule has 2 unspecified atom stereocenters. The van der Waals surface area contributed by atoms with Crippen LogP contribution >= 0.6 is 0 Å².